The van der Waals surface area contributed by atoms with Crippen LogP contribution in [0.2, 0.25) is 0 Å². The number of nitrogens with zero attached hydrogens (tertiary/aromatic N) is 3. The van der Waals surface area contributed by atoms with Crippen molar-refractivity contribution in [3.8, 4) is 6.01 Å². The fraction of sp³-hybridized carbons (Fsp3) is 0.444. The van der Waals surface area contributed by atoms with Crippen molar-refractivity contribution in [3.05, 3.63) is 12.0 Å². The predicted octanol–water partition coefficient (Wildman–Crippen LogP) is 1.61. The lowest BCUT2D eigenvalue weighted by molar-refractivity contribution is 0.312. The monoisotopic (exact) mass is 212 g/mol. The van der Waals surface area contributed by atoms with E-state index in [0.29, 0.717) is 5.92 Å². The SMILES string of the molecule is CC(C)C/C=N/Oc1ncc(F)c(N)n1. The van der Waals surface area contributed by atoms with E-state index >= 15 is 0 Å². The first-order valence-electron chi connectivity index (χ1n) is 4.56. The third-order valence-corrected chi connectivity index (χ3v) is 1.53. The molecule has 1 aromatic heterocycles. The highest BCUT2D eigenvalue weighted by Crippen LogP contribution is 2.09. The summed E-state index contributed by atoms with van der Waals surface area (Å²) in [6, 6.07) is -0.0612. The molecule has 0 saturated heterocycles. The third-order valence-electron chi connectivity index (χ3n) is 1.53. The summed E-state index contributed by atoms with van der Waals surface area (Å²) in [4.78, 5) is 11.9. The maximum Gasteiger partial charge on any atom is 0.347 e. The molecule has 0 saturated carbocycles. The number of anilines is 1. The summed E-state index contributed by atoms with van der Waals surface area (Å²) in [5, 5.41) is 3.62. The fourth-order valence-corrected chi connectivity index (χ4v) is 0.746. The number of rotatable bonds is 4. The number of nitrogens with two attached hydrogens (primary N) is 1. The van der Waals surface area contributed by atoms with Crippen molar-refractivity contribution in [1.82, 2.24) is 9.97 Å². The maximum absolute atomic E-state index is 12.6. The van der Waals surface area contributed by atoms with Gasteiger partial charge in [0, 0.05) is 6.21 Å². The molecular formula is C9H13FN4O. The van der Waals surface area contributed by atoms with E-state index in [0.717, 1.165) is 12.6 Å². The minimum atomic E-state index is -0.673. The van der Waals surface area contributed by atoms with Gasteiger partial charge < -0.3 is 10.6 Å². The quantitative estimate of drug-likeness (QED) is 0.607. The zero-order valence-corrected chi connectivity index (χ0v) is 8.64. The van der Waals surface area contributed by atoms with Crippen molar-refractivity contribution in [2.75, 3.05) is 5.73 Å². The Hall–Kier alpha value is -1.72. The summed E-state index contributed by atoms with van der Waals surface area (Å²) in [7, 11) is 0. The molecule has 0 atom stereocenters. The first kappa shape index (κ1) is 11.4. The Morgan fingerprint density at radius 3 is 3.00 bits per heavy atom. The molecule has 6 heteroatoms. The number of nitrogen functional groups attached to an aromatic ring is 1. The third kappa shape index (κ3) is 3.88. The first-order chi connectivity index (χ1) is 7.09. The lowest BCUT2D eigenvalue weighted by Gasteiger charge is -1.98. The lowest BCUT2D eigenvalue weighted by atomic mass is 10.2. The number of halogens is 1. The second-order valence-corrected chi connectivity index (χ2v) is 3.39. The molecule has 82 valence electrons. The fourth-order valence-electron chi connectivity index (χ4n) is 0.746. The van der Waals surface area contributed by atoms with E-state index in [4.69, 9.17) is 10.6 Å². The van der Waals surface area contributed by atoms with Gasteiger partial charge in [0.2, 0.25) is 0 Å². The van der Waals surface area contributed by atoms with Crippen LogP contribution in [-0.2, 0) is 0 Å². The molecule has 0 aliphatic rings. The van der Waals surface area contributed by atoms with Gasteiger partial charge in [-0.15, -0.1) is 0 Å². The average molecular weight is 212 g/mol. The molecule has 0 fully saturated rings. The average Bonchev–Trinajstić information content (AvgIpc) is 2.18. The van der Waals surface area contributed by atoms with Gasteiger partial charge in [0.15, 0.2) is 11.6 Å². The van der Waals surface area contributed by atoms with Crippen LogP contribution in [0.25, 0.3) is 0 Å². The summed E-state index contributed by atoms with van der Waals surface area (Å²) < 4.78 is 12.6. The molecule has 1 heterocycles. The van der Waals surface area contributed by atoms with E-state index in [-0.39, 0.29) is 11.8 Å². The Kier molecular flexibility index (Phi) is 3.96. The zero-order chi connectivity index (χ0) is 11.3. The van der Waals surface area contributed by atoms with Crippen molar-refractivity contribution in [1.29, 1.82) is 0 Å². The molecule has 5 nitrogen and oxygen atoms in total. The highest BCUT2D eigenvalue weighted by Gasteiger charge is 2.03. The van der Waals surface area contributed by atoms with Gasteiger partial charge in [-0.05, 0) is 12.3 Å². The van der Waals surface area contributed by atoms with Crippen molar-refractivity contribution in [2.45, 2.75) is 20.3 Å². The smallest absolute Gasteiger partial charge is 0.347 e. The Balaban J connectivity index is 2.51. The molecule has 0 aliphatic carbocycles. The number of oxime groups is 1. The highest BCUT2D eigenvalue weighted by atomic mass is 19.1. The molecule has 2 N–H and O–H groups in total. The van der Waals surface area contributed by atoms with Crippen LogP contribution in [0.4, 0.5) is 10.2 Å². The van der Waals surface area contributed by atoms with Gasteiger partial charge in [-0.2, -0.15) is 9.97 Å². The number of aromatic nitrogens is 2. The first-order valence-corrected chi connectivity index (χ1v) is 4.56. The summed E-state index contributed by atoms with van der Waals surface area (Å²) in [6.07, 6.45) is 3.33. The standard InChI is InChI=1S/C9H13FN4O/c1-6(2)3-4-13-15-9-12-5-7(10)8(11)14-9/h4-6H,3H2,1-2H3,(H2,11,12,14)/b13-4+. The molecule has 1 rings (SSSR count). The highest BCUT2D eigenvalue weighted by molar-refractivity contribution is 5.56. The van der Waals surface area contributed by atoms with Gasteiger partial charge >= 0.3 is 6.01 Å². The second kappa shape index (κ2) is 5.23. The molecule has 0 unspecified atom stereocenters. The maximum atomic E-state index is 12.6. The Morgan fingerprint density at radius 1 is 1.67 bits per heavy atom. The molecule has 1 aromatic rings. The molecule has 0 spiro atoms. The van der Waals surface area contributed by atoms with Gasteiger partial charge in [-0.3, -0.25) is 0 Å². The van der Waals surface area contributed by atoms with Gasteiger partial charge in [0.05, 0.1) is 6.20 Å². The minimum absolute atomic E-state index is 0.0612. The van der Waals surface area contributed by atoms with Crippen LogP contribution in [0.3, 0.4) is 0 Å². The lowest BCUT2D eigenvalue weighted by Crippen LogP contribution is -2.00. The van der Waals surface area contributed by atoms with Crippen LogP contribution in [0.1, 0.15) is 20.3 Å². The largest absolute Gasteiger partial charge is 0.381 e. The summed E-state index contributed by atoms with van der Waals surface area (Å²) >= 11 is 0. The molecule has 0 bridgehead atoms. The number of hydrogen-bond donors (Lipinski definition) is 1. The van der Waals surface area contributed by atoms with Crippen molar-refractivity contribution in [3.63, 3.8) is 0 Å². The van der Waals surface area contributed by atoms with Crippen LogP contribution >= 0.6 is 0 Å². The van der Waals surface area contributed by atoms with Gasteiger partial charge in [0.25, 0.3) is 0 Å². The molecule has 0 aromatic carbocycles. The normalized spacial score (nSPS) is 11.2. The van der Waals surface area contributed by atoms with E-state index in [1.807, 2.05) is 0 Å². The summed E-state index contributed by atoms with van der Waals surface area (Å²) in [5.74, 6) is -0.427. The van der Waals surface area contributed by atoms with Gasteiger partial charge in [-0.1, -0.05) is 19.0 Å². The van der Waals surface area contributed by atoms with E-state index < -0.39 is 5.82 Å². The Bertz CT molecular complexity index is 354. The Labute approximate surface area is 87.2 Å². The predicted molar refractivity (Wildman–Crippen MR) is 55.0 cm³/mol. The van der Waals surface area contributed by atoms with Crippen LogP contribution < -0.4 is 10.6 Å². The van der Waals surface area contributed by atoms with Gasteiger partial charge in [-0.25, -0.2) is 4.39 Å². The van der Waals surface area contributed by atoms with Crippen LogP contribution in [0.15, 0.2) is 11.4 Å². The summed E-state index contributed by atoms with van der Waals surface area (Å²) in [6.45, 7) is 4.11. The van der Waals surface area contributed by atoms with Crippen molar-refractivity contribution in [2.24, 2.45) is 11.1 Å². The zero-order valence-electron chi connectivity index (χ0n) is 8.64. The Morgan fingerprint density at radius 2 is 2.40 bits per heavy atom. The van der Waals surface area contributed by atoms with Crippen molar-refractivity contribution >= 4 is 12.0 Å². The molecule has 15 heavy (non-hydrogen) atoms. The molecule has 0 amide bonds. The van der Waals surface area contributed by atoms with Crippen LogP contribution in [-0.4, -0.2) is 16.2 Å². The van der Waals surface area contributed by atoms with Crippen LogP contribution in [0.5, 0.6) is 6.01 Å². The summed E-state index contributed by atoms with van der Waals surface area (Å²) in [5.41, 5.74) is 5.22. The topological polar surface area (TPSA) is 73.4 Å². The van der Waals surface area contributed by atoms with Gasteiger partial charge in [0.1, 0.15) is 0 Å². The molecule has 0 aliphatic heterocycles. The second-order valence-electron chi connectivity index (χ2n) is 3.39. The van der Waals surface area contributed by atoms with E-state index in [2.05, 4.69) is 29.0 Å². The number of hydrogen-bond acceptors (Lipinski definition) is 5. The van der Waals surface area contributed by atoms with E-state index in [9.17, 15) is 4.39 Å². The molecule has 0 radical (unpaired) electrons. The minimum Gasteiger partial charge on any atom is -0.381 e. The van der Waals surface area contributed by atoms with E-state index in [1.54, 1.807) is 6.21 Å². The van der Waals surface area contributed by atoms with Crippen molar-refractivity contribution < 1.29 is 9.23 Å². The van der Waals surface area contributed by atoms with Crippen LogP contribution in [0, 0.1) is 11.7 Å². The molecular weight excluding hydrogens is 199 g/mol. The van der Waals surface area contributed by atoms with E-state index in [1.165, 1.54) is 0 Å².